The lowest BCUT2D eigenvalue weighted by Gasteiger charge is -2.40. The molecule has 5 rings (SSSR count). The van der Waals surface area contributed by atoms with E-state index >= 15 is 0 Å². The van der Waals surface area contributed by atoms with Crippen LogP contribution in [0.3, 0.4) is 0 Å². The maximum atomic E-state index is 12.9. The molecule has 194 valence electrons. The highest BCUT2D eigenvalue weighted by atomic mass is 16.8. The molecule has 2 saturated heterocycles. The molecule has 0 radical (unpaired) electrons. The molecule has 3 aliphatic rings. The molecule has 2 aromatic heterocycles. The number of carbonyl (C=O) groups is 1. The van der Waals surface area contributed by atoms with Crippen molar-refractivity contribution in [1.29, 1.82) is 0 Å². The summed E-state index contributed by atoms with van der Waals surface area (Å²) in [4.78, 5) is 24.7. The molecule has 7 nitrogen and oxygen atoms in total. The van der Waals surface area contributed by atoms with E-state index in [1.165, 1.54) is 19.3 Å². The first-order chi connectivity index (χ1) is 17.0. The number of aromatic nitrogens is 2. The SMILES string of the molecule is Cc1ncc(-c2ccc(O[C@H](C)C3CCC3)nc2)c(N2CCC(C)(C)CC2)c1[C@@H]1OC(C)(C)OC1=O. The summed E-state index contributed by atoms with van der Waals surface area (Å²) in [6, 6.07) is 3.98. The molecule has 0 amide bonds. The van der Waals surface area contributed by atoms with E-state index in [1.807, 2.05) is 31.5 Å². The van der Waals surface area contributed by atoms with Gasteiger partial charge in [0.1, 0.15) is 6.10 Å². The van der Waals surface area contributed by atoms with E-state index in [4.69, 9.17) is 19.2 Å². The van der Waals surface area contributed by atoms with Crippen molar-refractivity contribution in [3.63, 3.8) is 0 Å². The van der Waals surface area contributed by atoms with E-state index < -0.39 is 11.9 Å². The number of pyridine rings is 2. The quantitative estimate of drug-likeness (QED) is 0.457. The summed E-state index contributed by atoms with van der Waals surface area (Å²) in [7, 11) is 0. The number of esters is 1. The first kappa shape index (κ1) is 25.0. The molecule has 2 aromatic rings. The maximum absolute atomic E-state index is 12.9. The van der Waals surface area contributed by atoms with Crippen molar-refractivity contribution in [2.24, 2.45) is 11.3 Å². The number of hydrogen-bond donors (Lipinski definition) is 0. The van der Waals surface area contributed by atoms with E-state index in [9.17, 15) is 4.79 Å². The highest BCUT2D eigenvalue weighted by Crippen LogP contribution is 2.45. The normalized spacial score (nSPS) is 24.2. The summed E-state index contributed by atoms with van der Waals surface area (Å²) in [5.74, 6) is -0.0689. The molecule has 2 atom stereocenters. The lowest BCUT2D eigenvalue weighted by molar-refractivity contribution is -0.160. The van der Waals surface area contributed by atoms with E-state index in [1.54, 1.807) is 13.8 Å². The van der Waals surface area contributed by atoms with Gasteiger partial charge in [-0.2, -0.15) is 0 Å². The average molecular weight is 494 g/mol. The van der Waals surface area contributed by atoms with Crippen LogP contribution < -0.4 is 9.64 Å². The zero-order chi connectivity index (χ0) is 25.7. The number of ether oxygens (including phenoxy) is 3. The van der Waals surface area contributed by atoms with Crippen molar-refractivity contribution in [3.05, 3.63) is 35.8 Å². The zero-order valence-corrected chi connectivity index (χ0v) is 22.5. The van der Waals surface area contributed by atoms with Gasteiger partial charge in [0.25, 0.3) is 0 Å². The largest absolute Gasteiger partial charge is 0.474 e. The Hall–Kier alpha value is -2.67. The van der Waals surface area contributed by atoms with E-state index in [0.717, 1.165) is 54.0 Å². The monoisotopic (exact) mass is 493 g/mol. The van der Waals surface area contributed by atoms with Crippen LogP contribution in [0.2, 0.25) is 0 Å². The number of carbonyl (C=O) groups excluding carboxylic acids is 1. The van der Waals surface area contributed by atoms with Crippen molar-refractivity contribution in [3.8, 4) is 17.0 Å². The first-order valence-electron chi connectivity index (χ1n) is 13.3. The summed E-state index contributed by atoms with van der Waals surface area (Å²) in [6.45, 7) is 14.0. The third-order valence-corrected chi connectivity index (χ3v) is 8.11. The molecule has 1 aliphatic carbocycles. The first-order valence-corrected chi connectivity index (χ1v) is 13.3. The fraction of sp³-hybridized carbons (Fsp3) is 0.621. The summed E-state index contributed by atoms with van der Waals surface area (Å²) >= 11 is 0. The Morgan fingerprint density at radius 2 is 1.81 bits per heavy atom. The van der Waals surface area contributed by atoms with Gasteiger partial charge in [-0.1, -0.05) is 20.3 Å². The Morgan fingerprint density at radius 1 is 1.08 bits per heavy atom. The fourth-order valence-electron chi connectivity index (χ4n) is 5.44. The van der Waals surface area contributed by atoms with Crippen molar-refractivity contribution in [2.75, 3.05) is 18.0 Å². The Labute approximate surface area is 214 Å². The van der Waals surface area contributed by atoms with Gasteiger partial charge in [-0.05, 0) is 56.9 Å². The van der Waals surface area contributed by atoms with E-state index in [0.29, 0.717) is 17.2 Å². The number of cyclic esters (lactones) is 1. The molecule has 1 saturated carbocycles. The van der Waals surface area contributed by atoms with Crippen LogP contribution in [-0.2, 0) is 14.3 Å². The van der Waals surface area contributed by atoms with Crippen LogP contribution >= 0.6 is 0 Å². The summed E-state index contributed by atoms with van der Waals surface area (Å²) in [5.41, 5.74) is 4.75. The van der Waals surface area contributed by atoms with Gasteiger partial charge in [-0.15, -0.1) is 0 Å². The van der Waals surface area contributed by atoms with Crippen LogP contribution in [0.25, 0.3) is 11.1 Å². The Bertz CT molecular complexity index is 1110. The molecule has 2 aliphatic heterocycles. The zero-order valence-electron chi connectivity index (χ0n) is 22.5. The second-order valence-corrected chi connectivity index (χ2v) is 11.9. The third kappa shape index (κ3) is 4.95. The number of hydrogen-bond acceptors (Lipinski definition) is 7. The highest BCUT2D eigenvalue weighted by molar-refractivity contribution is 5.87. The minimum absolute atomic E-state index is 0.172. The molecule has 0 bridgehead atoms. The number of anilines is 1. The summed E-state index contributed by atoms with van der Waals surface area (Å²) in [6.07, 6.45) is 9.01. The van der Waals surface area contributed by atoms with Crippen LogP contribution in [0.5, 0.6) is 5.88 Å². The Kier molecular flexibility index (Phi) is 6.48. The van der Waals surface area contributed by atoms with Gasteiger partial charge in [0.15, 0.2) is 6.10 Å². The third-order valence-electron chi connectivity index (χ3n) is 8.11. The lowest BCUT2D eigenvalue weighted by Crippen LogP contribution is -2.38. The molecular formula is C29H39N3O4. The predicted molar refractivity (Wildman–Crippen MR) is 139 cm³/mol. The van der Waals surface area contributed by atoms with Crippen molar-refractivity contribution in [1.82, 2.24) is 9.97 Å². The van der Waals surface area contributed by atoms with Gasteiger partial charge in [-0.25, -0.2) is 9.78 Å². The van der Waals surface area contributed by atoms with Gasteiger partial charge in [0.05, 0.1) is 5.69 Å². The minimum Gasteiger partial charge on any atom is -0.474 e. The second kappa shape index (κ2) is 9.33. The molecule has 7 heteroatoms. The Balaban J connectivity index is 1.52. The van der Waals surface area contributed by atoms with Crippen molar-refractivity contribution >= 4 is 11.7 Å². The van der Waals surface area contributed by atoms with Crippen LogP contribution in [-0.4, -0.2) is 40.9 Å². The van der Waals surface area contributed by atoms with Gasteiger partial charge in [0, 0.05) is 67.8 Å². The number of nitrogens with zero attached hydrogens (tertiary/aromatic N) is 3. The van der Waals surface area contributed by atoms with E-state index in [-0.39, 0.29) is 12.1 Å². The molecule has 0 unspecified atom stereocenters. The Morgan fingerprint density at radius 3 is 2.36 bits per heavy atom. The van der Waals surface area contributed by atoms with Gasteiger partial charge in [-0.3, -0.25) is 4.98 Å². The number of piperidine rings is 1. The molecular weight excluding hydrogens is 454 g/mol. The van der Waals surface area contributed by atoms with Crippen molar-refractivity contribution < 1.29 is 19.0 Å². The summed E-state index contributed by atoms with van der Waals surface area (Å²) in [5, 5.41) is 0. The van der Waals surface area contributed by atoms with Gasteiger partial charge in [0.2, 0.25) is 11.7 Å². The van der Waals surface area contributed by atoms with Crippen LogP contribution in [0, 0.1) is 18.3 Å². The molecule has 3 fully saturated rings. The smallest absolute Gasteiger partial charge is 0.342 e. The topological polar surface area (TPSA) is 73.8 Å². The minimum atomic E-state index is -0.969. The summed E-state index contributed by atoms with van der Waals surface area (Å²) < 4.78 is 17.8. The number of rotatable bonds is 6. The van der Waals surface area contributed by atoms with Gasteiger partial charge < -0.3 is 19.1 Å². The molecule has 0 N–H and O–H groups in total. The maximum Gasteiger partial charge on any atom is 0.342 e. The standard InChI is InChI=1S/C29H39N3O4/c1-18-24(26-27(33)36-29(5,6)35-26)25(32-14-12-28(3,4)13-15-32)22(17-30-18)21-10-11-23(31-16-21)34-19(2)20-8-7-9-20/h10-11,16-17,19-20,26H,7-9,12-15H2,1-6H3/t19-,26+/m1/s1. The molecule has 0 spiro atoms. The second-order valence-electron chi connectivity index (χ2n) is 11.9. The van der Waals surface area contributed by atoms with Crippen LogP contribution in [0.4, 0.5) is 5.69 Å². The van der Waals surface area contributed by atoms with Crippen molar-refractivity contribution in [2.45, 2.75) is 91.6 Å². The van der Waals surface area contributed by atoms with Crippen LogP contribution in [0.1, 0.15) is 84.1 Å². The fourth-order valence-corrected chi connectivity index (χ4v) is 5.44. The lowest BCUT2D eigenvalue weighted by atomic mass is 9.82. The van der Waals surface area contributed by atoms with Gasteiger partial charge >= 0.3 is 5.97 Å². The number of aryl methyl sites for hydroxylation is 1. The molecule has 36 heavy (non-hydrogen) atoms. The predicted octanol–water partition coefficient (Wildman–Crippen LogP) is 6.00. The molecule has 0 aromatic carbocycles. The molecule has 4 heterocycles. The highest BCUT2D eigenvalue weighted by Gasteiger charge is 2.45. The van der Waals surface area contributed by atoms with E-state index in [2.05, 4.69) is 30.7 Å². The average Bonchev–Trinajstić information content (AvgIpc) is 3.05. The van der Waals surface area contributed by atoms with Crippen LogP contribution in [0.15, 0.2) is 24.5 Å².